The number of amides is 1. The summed E-state index contributed by atoms with van der Waals surface area (Å²) in [5, 5.41) is 16.4. The van der Waals surface area contributed by atoms with E-state index in [1.54, 1.807) is 24.4 Å². The molecule has 3 heterocycles. The smallest absolute Gasteiger partial charge is 0.335 e. The molecule has 38 heavy (non-hydrogen) atoms. The Hall–Kier alpha value is -4.50. The van der Waals surface area contributed by atoms with Crippen LogP contribution in [0.2, 0.25) is 0 Å². The van der Waals surface area contributed by atoms with Gasteiger partial charge in [0.05, 0.1) is 23.3 Å². The second-order valence-corrected chi connectivity index (χ2v) is 9.63. The second-order valence-electron chi connectivity index (χ2n) is 9.24. The van der Waals surface area contributed by atoms with Gasteiger partial charge in [-0.05, 0) is 92.3 Å². The van der Waals surface area contributed by atoms with Crippen LogP contribution in [-0.2, 0) is 4.79 Å². The number of carbonyl (C=O) groups excluding carboxylic acids is 1. The van der Waals surface area contributed by atoms with Gasteiger partial charge >= 0.3 is 5.97 Å². The predicted octanol–water partition coefficient (Wildman–Crippen LogP) is 5.32. The minimum atomic E-state index is -0.969. The Morgan fingerprint density at radius 3 is 2.42 bits per heavy atom. The number of nitrogens with one attached hydrogen (secondary N) is 2. The predicted molar refractivity (Wildman–Crippen MR) is 151 cm³/mol. The van der Waals surface area contributed by atoms with Crippen LogP contribution < -0.4 is 15.5 Å². The van der Waals surface area contributed by atoms with Crippen molar-refractivity contribution >= 4 is 40.6 Å². The molecule has 0 aliphatic carbocycles. The van der Waals surface area contributed by atoms with Gasteiger partial charge in [0.15, 0.2) is 5.11 Å². The fourth-order valence-electron chi connectivity index (χ4n) is 5.12. The minimum absolute atomic E-state index is 0.136. The number of hydrogen-bond donors (Lipinski definition) is 3. The van der Waals surface area contributed by atoms with Crippen molar-refractivity contribution in [1.82, 2.24) is 14.9 Å². The quantitative estimate of drug-likeness (QED) is 0.293. The molecule has 1 saturated heterocycles. The van der Waals surface area contributed by atoms with Crippen LogP contribution >= 0.6 is 12.2 Å². The zero-order chi connectivity index (χ0) is 27.0. The number of carbonyl (C=O) groups is 2. The molecule has 4 aromatic rings. The SMILES string of the molecule is CC(=O)Nc1ccc(N2C(=S)NC(c3ccccn3)C2c2cc(C)n(-c3cccc(C(=O)O)c3)c2C)cc1. The van der Waals surface area contributed by atoms with Crippen molar-refractivity contribution in [3.63, 3.8) is 0 Å². The van der Waals surface area contributed by atoms with Crippen molar-refractivity contribution in [1.29, 1.82) is 0 Å². The van der Waals surface area contributed by atoms with Gasteiger partial charge in [0, 0.05) is 41.6 Å². The number of anilines is 2. The average Bonchev–Trinajstić information content (AvgIpc) is 3.39. The number of benzene rings is 2. The summed E-state index contributed by atoms with van der Waals surface area (Å²) in [6, 6.07) is 22.0. The third-order valence-electron chi connectivity index (χ3n) is 6.70. The molecule has 3 N–H and O–H groups in total. The number of thiocarbonyl (C=S) groups is 1. The van der Waals surface area contributed by atoms with Gasteiger partial charge in [-0.15, -0.1) is 0 Å². The molecule has 1 aliphatic heterocycles. The fourth-order valence-corrected chi connectivity index (χ4v) is 5.47. The monoisotopic (exact) mass is 525 g/mol. The number of aromatic nitrogens is 2. The summed E-state index contributed by atoms with van der Waals surface area (Å²) in [4.78, 5) is 29.8. The lowest BCUT2D eigenvalue weighted by Gasteiger charge is -2.28. The second kappa shape index (κ2) is 10.1. The lowest BCUT2D eigenvalue weighted by molar-refractivity contribution is -0.114. The largest absolute Gasteiger partial charge is 0.478 e. The van der Waals surface area contributed by atoms with E-state index in [4.69, 9.17) is 12.2 Å². The first-order chi connectivity index (χ1) is 18.2. The van der Waals surface area contributed by atoms with Gasteiger partial charge in [0.25, 0.3) is 0 Å². The van der Waals surface area contributed by atoms with Crippen molar-refractivity contribution < 1.29 is 14.7 Å². The lowest BCUT2D eigenvalue weighted by Crippen LogP contribution is -2.29. The number of carboxylic acid groups (broad SMARTS) is 1. The number of hydrogen-bond acceptors (Lipinski definition) is 4. The van der Waals surface area contributed by atoms with Crippen LogP contribution in [0.1, 0.15) is 52.0 Å². The zero-order valence-corrected chi connectivity index (χ0v) is 22.0. The molecule has 2 atom stereocenters. The third kappa shape index (κ3) is 4.64. The molecule has 0 bridgehead atoms. The van der Waals surface area contributed by atoms with E-state index in [9.17, 15) is 14.7 Å². The molecule has 5 rings (SSSR count). The molecule has 1 fully saturated rings. The van der Waals surface area contributed by atoms with Gasteiger partial charge in [0.1, 0.15) is 0 Å². The van der Waals surface area contributed by atoms with Crippen LogP contribution in [0.5, 0.6) is 0 Å². The summed E-state index contributed by atoms with van der Waals surface area (Å²) < 4.78 is 2.07. The minimum Gasteiger partial charge on any atom is -0.478 e. The average molecular weight is 526 g/mol. The maximum atomic E-state index is 11.6. The summed E-state index contributed by atoms with van der Waals surface area (Å²) in [7, 11) is 0. The van der Waals surface area contributed by atoms with E-state index >= 15 is 0 Å². The maximum absolute atomic E-state index is 11.6. The van der Waals surface area contributed by atoms with Crippen molar-refractivity contribution in [2.75, 3.05) is 10.2 Å². The molecule has 1 aliphatic rings. The van der Waals surface area contributed by atoms with E-state index in [0.717, 1.165) is 34.0 Å². The van der Waals surface area contributed by atoms with Gasteiger partial charge in [-0.3, -0.25) is 9.78 Å². The van der Waals surface area contributed by atoms with E-state index in [-0.39, 0.29) is 23.6 Å². The summed E-state index contributed by atoms with van der Waals surface area (Å²) in [6.07, 6.45) is 1.77. The number of aryl methyl sites for hydroxylation is 1. The van der Waals surface area contributed by atoms with E-state index in [1.165, 1.54) is 6.92 Å². The number of nitrogens with zero attached hydrogens (tertiary/aromatic N) is 3. The van der Waals surface area contributed by atoms with Crippen LogP contribution in [0, 0.1) is 13.8 Å². The third-order valence-corrected chi connectivity index (χ3v) is 7.02. The Kier molecular flexibility index (Phi) is 6.69. The summed E-state index contributed by atoms with van der Waals surface area (Å²) in [5.41, 5.74) is 6.42. The molecule has 2 aromatic carbocycles. The van der Waals surface area contributed by atoms with E-state index in [1.807, 2.05) is 62.4 Å². The number of rotatable bonds is 6. The van der Waals surface area contributed by atoms with Gasteiger partial charge in [0.2, 0.25) is 5.91 Å². The van der Waals surface area contributed by atoms with Crippen molar-refractivity contribution in [2.45, 2.75) is 32.9 Å². The van der Waals surface area contributed by atoms with E-state index < -0.39 is 5.97 Å². The Balaban J connectivity index is 1.63. The highest BCUT2D eigenvalue weighted by Crippen LogP contribution is 2.44. The Morgan fingerprint density at radius 1 is 1.00 bits per heavy atom. The molecular weight excluding hydrogens is 498 g/mol. The van der Waals surface area contributed by atoms with Crippen LogP contribution in [0.15, 0.2) is 79.0 Å². The Bertz CT molecular complexity index is 1530. The molecule has 0 radical (unpaired) electrons. The molecule has 2 aromatic heterocycles. The highest BCUT2D eigenvalue weighted by Gasteiger charge is 2.42. The first-order valence-electron chi connectivity index (χ1n) is 12.2. The molecule has 0 saturated carbocycles. The highest BCUT2D eigenvalue weighted by atomic mass is 32.1. The van der Waals surface area contributed by atoms with Crippen LogP contribution in [0.25, 0.3) is 5.69 Å². The molecule has 0 spiro atoms. The van der Waals surface area contributed by atoms with E-state index in [0.29, 0.717) is 10.8 Å². The Labute approximate surface area is 225 Å². The maximum Gasteiger partial charge on any atom is 0.335 e. The van der Waals surface area contributed by atoms with Crippen LogP contribution in [0.3, 0.4) is 0 Å². The van der Waals surface area contributed by atoms with Crippen LogP contribution in [-0.4, -0.2) is 31.6 Å². The topological polar surface area (TPSA) is 99.5 Å². The van der Waals surface area contributed by atoms with Crippen LogP contribution in [0.4, 0.5) is 11.4 Å². The number of aromatic carboxylic acids is 1. The summed E-state index contributed by atoms with van der Waals surface area (Å²) >= 11 is 5.85. The summed E-state index contributed by atoms with van der Waals surface area (Å²) in [5.74, 6) is -1.10. The molecule has 8 nitrogen and oxygen atoms in total. The molecule has 192 valence electrons. The molecular formula is C29H27N5O3S. The first-order valence-corrected chi connectivity index (χ1v) is 12.6. The van der Waals surface area contributed by atoms with Crippen molar-refractivity contribution in [2.24, 2.45) is 0 Å². The number of pyridine rings is 1. The van der Waals surface area contributed by atoms with Crippen molar-refractivity contribution in [3.8, 4) is 5.69 Å². The standard InChI is InChI=1S/C29H27N5O3S/c1-17-15-24(18(2)33(17)23-8-6-7-20(16-23)28(36)37)27-26(25-9-4-5-14-30-25)32-29(38)34(27)22-12-10-21(11-13-22)31-19(3)35/h4-16,26-27H,1-3H3,(H,31,35)(H,32,38)(H,36,37). The fraction of sp³-hybridized carbons (Fsp3) is 0.172. The molecule has 1 amide bonds. The van der Waals surface area contributed by atoms with E-state index in [2.05, 4.69) is 31.2 Å². The highest BCUT2D eigenvalue weighted by molar-refractivity contribution is 7.80. The zero-order valence-electron chi connectivity index (χ0n) is 21.2. The summed E-state index contributed by atoms with van der Waals surface area (Å²) in [6.45, 7) is 5.51. The normalized spacial score (nSPS) is 16.8. The van der Waals surface area contributed by atoms with Gasteiger partial charge in [-0.25, -0.2) is 4.79 Å². The van der Waals surface area contributed by atoms with Gasteiger partial charge in [-0.2, -0.15) is 0 Å². The van der Waals surface area contributed by atoms with Crippen molar-refractivity contribution in [3.05, 3.63) is 107 Å². The van der Waals surface area contributed by atoms with Gasteiger partial charge < -0.3 is 25.2 Å². The Morgan fingerprint density at radius 2 is 1.76 bits per heavy atom. The lowest BCUT2D eigenvalue weighted by atomic mass is 9.96. The molecule has 9 heteroatoms. The molecule has 2 unspecified atom stereocenters. The first kappa shape index (κ1) is 25.2. The van der Waals surface area contributed by atoms with Gasteiger partial charge in [-0.1, -0.05) is 12.1 Å². The number of carboxylic acids is 1.